The zero-order chi connectivity index (χ0) is 14.4. The van der Waals surface area contributed by atoms with Crippen molar-refractivity contribution < 1.29 is 9.90 Å². The normalized spacial score (nSPS) is 18.6. The number of thiophene rings is 1. The van der Waals surface area contributed by atoms with Gasteiger partial charge in [-0.1, -0.05) is 13.0 Å². The fourth-order valence-corrected chi connectivity index (χ4v) is 3.39. The van der Waals surface area contributed by atoms with Crippen molar-refractivity contribution in [2.45, 2.75) is 26.2 Å². The molecular weight excluding hydrogens is 308 g/mol. The van der Waals surface area contributed by atoms with Crippen LogP contribution >= 0.6 is 23.7 Å². The molecule has 1 fully saturated rings. The third-order valence-corrected chi connectivity index (χ3v) is 5.03. The van der Waals surface area contributed by atoms with Gasteiger partial charge in [0.25, 0.3) is 0 Å². The molecule has 1 atom stereocenters. The predicted octanol–water partition coefficient (Wildman–Crippen LogP) is 1.83. The summed E-state index contributed by atoms with van der Waals surface area (Å²) in [6.07, 6.45) is 2.59. The summed E-state index contributed by atoms with van der Waals surface area (Å²) in [5, 5.41) is 17.8. The minimum absolute atomic E-state index is 0. The SMILES string of the molecule is CC1(C(=O)NCC(CO)Cc2cccs2)CCNCC1.Cl. The molecule has 1 aromatic heterocycles. The number of carbonyl (C=O) groups is 1. The van der Waals surface area contributed by atoms with Crippen molar-refractivity contribution >= 4 is 29.7 Å². The van der Waals surface area contributed by atoms with Gasteiger partial charge in [-0.15, -0.1) is 23.7 Å². The van der Waals surface area contributed by atoms with E-state index in [2.05, 4.69) is 16.7 Å². The average molecular weight is 333 g/mol. The van der Waals surface area contributed by atoms with E-state index in [1.54, 1.807) is 11.3 Å². The number of halogens is 1. The minimum atomic E-state index is -0.256. The van der Waals surface area contributed by atoms with Crippen LogP contribution in [0.2, 0.25) is 0 Å². The molecule has 1 aromatic rings. The molecule has 2 heterocycles. The molecule has 0 bridgehead atoms. The monoisotopic (exact) mass is 332 g/mol. The van der Waals surface area contributed by atoms with E-state index < -0.39 is 0 Å². The largest absolute Gasteiger partial charge is 0.396 e. The summed E-state index contributed by atoms with van der Waals surface area (Å²) in [6.45, 7) is 4.51. The van der Waals surface area contributed by atoms with Gasteiger partial charge >= 0.3 is 0 Å². The molecule has 0 spiro atoms. The van der Waals surface area contributed by atoms with Gasteiger partial charge in [0.1, 0.15) is 0 Å². The van der Waals surface area contributed by atoms with Crippen molar-refractivity contribution in [1.82, 2.24) is 10.6 Å². The minimum Gasteiger partial charge on any atom is -0.396 e. The number of piperidine rings is 1. The first-order valence-corrected chi connectivity index (χ1v) is 8.14. The summed E-state index contributed by atoms with van der Waals surface area (Å²) >= 11 is 1.70. The highest BCUT2D eigenvalue weighted by Gasteiger charge is 2.34. The Hall–Kier alpha value is -0.620. The number of hydrogen-bond donors (Lipinski definition) is 3. The van der Waals surface area contributed by atoms with Crippen LogP contribution in [0.4, 0.5) is 0 Å². The molecule has 0 aromatic carbocycles. The van der Waals surface area contributed by atoms with Gasteiger partial charge in [-0.3, -0.25) is 4.79 Å². The number of carbonyl (C=O) groups excluding carboxylic acids is 1. The van der Waals surface area contributed by atoms with Gasteiger partial charge in [0.15, 0.2) is 0 Å². The van der Waals surface area contributed by atoms with Crippen LogP contribution in [0.15, 0.2) is 17.5 Å². The highest BCUT2D eigenvalue weighted by molar-refractivity contribution is 7.09. The van der Waals surface area contributed by atoms with Crippen LogP contribution in [-0.2, 0) is 11.2 Å². The quantitative estimate of drug-likeness (QED) is 0.744. The summed E-state index contributed by atoms with van der Waals surface area (Å²) in [5.41, 5.74) is -0.256. The van der Waals surface area contributed by atoms with E-state index in [4.69, 9.17) is 0 Å². The van der Waals surface area contributed by atoms with E-state index in [1.807, 2.05) is 18.4 Å². The van der Waals surface area contributed by atoms with Gasteiger partial charge < -0.3 is 15.7 Å². The Bertz CT molecular complexity index is 419. The van der Waals surface area contributed by atoms with Gasteiger partial charge in [-0.25, -0.2) is 0 Å². The van der Waals surface area contributed by atoms with E-state index in [0.29, 0.717) is 6.54 Å². The summed E-state index contributed by atoms with van der Waals surface area (Å²) in [5.74, 6) is 0.228. The number of hydrogen-bond acceptors (Lipinski definition) is 4. The summed E-state index contributed by atoms with van der Waals surface area (Å²) in [7, 11) is 0. The third-order valence-electron chi connectivity index (χ3n) is 4.13. The zero-order valence-electron chi connectivity index (χ0n) is 12.4. The van der Waals surface area contributed by atoms with Crippen LogP contribution in [0, 0.1) is 11.3 Å². The molecule has 4 nitrogen and oxygen atoms in total. The number of rotatable bonds is 6. The number of nitrogens with one attached hydrogen (secondary N) is 2. The predicted molar refractivity (Wildman–Crippen MR) is 89.1 cm³/mol. The second-order valence-electron chi connectivity index (χ2n) is 5.85. The lowest BCUT2D eigenvalue weighted by atomic mass is 9.80. The molecule has 21 heavy (non-hydrogen) atoms. The van der Waals surface area contributed by atoms with Crippen molar-refractivity contribution in [1.29, 1.82) is 0 Å². The average Bonchev–Trinajstić information content (AvgIpc) is 2.96. The van der Waals surface area contributed by atoms with E-state index in [-0.39, 0.29) is 36.3 Å². The van der Waals surface area contributed by atoms with Crippen molar-refractivity contribution in [3.63, 3.8) is 0 Å². The van der Waals surface area contributed by atoms with Gasteiger partial charge in [0.05, 0.1) is 0 Å². The zero-order valence-corrected chi connectivity index (χ0v) is 14.1. The number of aliphatic hydroxyl groups excluding tert-OH is 1. The Morgan fingerprint density at radius 3 is 2.81 bits per heavy atom. The molecule has 1 aliphatic heterocycles. The lowest BCUT2D eigenvalue weighted by Crippen LogP contribution is -2.47. The first-order chi connectivity index (χ1) is 9.64. The lowest BCUT2D eigenvalue weighted by Gasteiger charge is -2.33. The van der Waals surface area contributed by atoms with Gasteiger partial charge in [0, 0.05) is 29.4 Å². The molecule has 120 valence electrons. The summed E-state index contributed by atoms with van der Waals surface area (Å²) in [6, 6.07) is 4.09. The second-order valence-corrected chi connectivity index (χ2v) is 6.89. The fourth-order valence-electron chi connectivity index (χ4n) is 2.57. The first-order valence-electron chi connectivity index (χ1n) is 7.26. The molecule has 0 radical (unpaired) electrons. The van der Waals surface area contributed by atoms with E-state index in [0.717, 1.165) is 32.4 Å². The molecule has 6 heteroatoms. The van der Waals surface area contributed by atoms with Crippen LogP contribution in [0.1, 0.15) is 24.6 Å². The molecular formula is C15H25ClN2O2S. The standard InChI is InChI=1S/C15H24N2O2S.ClH/c1-15(4-6-16-7-5-15)14(19)17-10-12(11-18)9-13-3-2-8-20-13;/h2-3,8,12,16,18H,4-7,9-11H2,1H3,(H,17,19);1H. The van der Waals surface area contributed by atoms with Crippen LogP contribution in [0.5, 0.6) is 0 Å². The van der Waals surface area contributed by atoms with E-state index in [1.165, 1.54) is 4.88 Å². The van der Waals surface area contributed by atoms with Crippen LogP contribution < -0.4 is 10.6 Å². The van der Waals surface area contributed by atoms with E-state index in [9.17, 15) is 9.90 Å². The van der Waals surface area contributed by atoms with Crippen molar-refractivity contribution in [3.8, 4) is 0 Å². The molecule has 1 aliphatic rings. The highest BCUT2D eigenvalue weighted by Crippen LogP contribution is 2.28. The van der Waals surface area contributed by atoms with E-state index >= 15 is 0 Å². The smallest absolute Gasteiger partial charge is 0.226 e. The van der Waals surface area contributed by atoms with Gasteiger partial charge in [0.2, 0.25) is 5.91 Å². The second kappa shape index (κ2) is 8.73. The van der Waals surface area contributed by atoms with Crippen molar-refractivity contribution in [3.05, 3.63) is 22.4 Å². The maximum absolute atomic E-state index is 12.3. The topological polar surface area (TPSA) is 61.4 Å². The molecule has 1 amide bonds. The molecule has 1 saturated heterocycles. The van der Waals surface area contributed by atoms with Gasteiger partial charge in [-0.05, 0) is 43.8 Å². The van der Waals surface area contributed by atoms with Crippen LogP contribution in [0.25, 0.3) is 0 Å². The Morgan fingerprint density at radius 1 is 1.52 bits per heavy atom. The molecule has 1 unspecified atom stereocenters. The summed E-state index contributed by atoms with van der Waals surface area (Å²) < 4.78 is 0. The third kappa shape index (κ3) is 5.25. The number of aliphatic hydroxyl groups is 1. The van der Waals surface area contributed by atoms with Crippen molar-refractivity contribution in [2.75, 3.05) is 26.2 Å². The Labute approximate surface area is 136 Å². The molecule has 3 N–H and O–H groups in total. The summed E-state index contributed by atoms with van der Waals surface area (Å²) in [4.78, 5) is 13.6. The Kier molecular flexibility index (Phi) is 7.66. The van der Waals surface area contributed by atoms with Crippen LogP contribution in [0.3, 0.4) is 0 Å². The van der Waals surface area contributed by atoms with Crippen molar-refractivity contribution in [2.24, 2.45) is 11.3 Å². The fraction of sp³-hybridized carbons (Fsp3) is 0.667. The first kappa shape index (κ1) is 18.4. The van der Waals surface area contributed by atoms with Gasteiger partial charge in [-0.2, -0.15) is 0 Å². The lowest BCUT2D eigenvalue weighted by molar-refractivity contribution is -0.131. The maximum Gasteiger partial charge on any atom is 0.226 e. The molecule has 0 aliphatic carbocycles. The highest BCUT2D eigenvalue weighted by atomic mass is 35.5. The van der Waals surface area contributed by atoms with Crippen LogP contribution in [-0.4, -0.2) is 37.3 Å². The molecule has 2 rings (SSSR count). The maximum atomic E-state index is 12.3. The Balaban J connectivity index is 0.00000220. The molecule has 0 saturated carbocycles. The number of amides is 1. The Morgan fingerprint density at radius 2 is 2.24 bits per heavy atom.